The molecule has 0 atom stereocenters. The average molecular weight is 339 g/mol. The third kappa shape index (κ3) is 3.94. The van der Waals surface area contributed by atoms with Crippen molar-refractivity contribution in [3.8, 4) is 5.75 Å². The van der Waals surface area contributed by atoms with Crippen LogP contribution in [0.5, 0.6) is 5.75 Å². The summed E-state index contributed by atoms with van der Waals surface area (Å²) in [6.07, 6.45) is 3.40. The molecule has 3 rings (SSSR count). The van der Waals surface area contributed by atoms with E-state index >= 15 is 0 Å². The van der Waals surface area contributed by atoms with Crippen LogP contribution in [0.3, 0.4) is 0 Å². The van der Waals surface area contributed by atoms with Gasteiger partial charge in [0.2, 0.25) is 0 Å². The summed E-state index contributed by atoms with van der Waals surface area (Å²) in [6.45, 7) is 3.75. The fourth-order valence-corrected chi connectivity index (χ4v) is 3.07. The molecule has 0 amide bonds. The largest absolute Gasteiger partial charge is 0.497 e. The van der Waals surface area contributed by atoms with Gasteiger partial charge < -0.3 is 19.9 Å². The Morgan fingerprint density at radius 3 is 2.64 bits per heavy atom. The summed E-state index contributed by atoms with van der Waals surface area (Å²) in [7, 11) is 5.49. The highest BCUT2D eigenvalue weighted by atomic mass is 16.5. The molecular weight excluding hydrogens is 314 g/mol. The van der Waals surface area contributed by atoms with Crippen LogP contribution in [-0.4, -0.2) is 58.1 Å². The van der Waals surface area contributed by atoms with E-state index in [9.17, 15) is 4.79 Å². The summed E-state index contributed by atoms with van der Waals surface area (Å²) in [6, 6.07) is 9.98. The molecule has 0 aromatic heterocycles. The number of benzene rings is 2. The van der Waals surface area contributed by atoms with Crippen LogP contribution >= 0.6 is 0 Å². The maximum Gasteiger partial charge on any atom is 0.187 e. The third-order valence-corrected chi connectivity index (χ3v) is 4.41. The Balaban J connectivity index is 2.09. The van der Waals surface area contributed by atoms with Gasteiger partial charge in [0.25, 0.3) is 0 Å². The molecule has 1 fully saturated rings. The molecule has 2 aromatic carbocycles. The minimum atomic E-state index is 0.0165. The maximum absolute atomic E-state index is 12.6. The van der Waals surface area contributed by atoms with Crippen LogP contribution in [0.2, 0.25) is 0 Å². The molecule has 132 valence electrons. The highest BCUT2D eigenvalue weighted by Crippen LogP contribution is 2.32. The summed E-state index contributed by atoms with van der Waals surface area (Å²) in [5.41, 5.74) is 1.81. The number of ether oxygens (including phenoxy) is 1. The van der Waals surface area contributed by atoms with Crippen molar-refractivity contribution in [2.24, 2.45) is 0 Å². The van der Waals surface area contributed by atoms with Crippen molar-refractivity contribution in [1.82, 2.24) is 10.2 Å². The number of nitrogens with zero attached hydrogens (tertiary/aromatic N) is 2. The van der Waals surface area contributed by atoms with Gasteiger partial charge in [-0.05, 0) is 29.7 Å². The van der Waals surface area contributed by atoms with Gasteiger partial charge in [0.15, 0.2) is 5.78 Å². The minimum Gasteiger partial charge on any atom is -0.497 e. The Hall–Kier alpha value is -2.53. The fraction of sp³-hybridized carbons (Fsp3) is 0.350. The van der Waals surface area contributed by atoms with E-state index < -0.39 is 0 Å². The number of allylic oxidation sites excluding steroid dienone is 1. The van der Waals surface area contributed by atoms with E-state index in [4.69, 9.17) is 4.74 Å². The van der Waals surface area contributed by atoms with Crippen LogP contribution in [-0.2, 0) is 0 Å². The molecule has 1 heterocycles. The van der Waals surface area contributed by atoms with Gasteiger partial charge >= 0.3 is 0 Å². The highest BCUT2D eigenvalue weighted by molar-refractivity contribution is 6.09. The molecule has 0 spiro atoms. The molecule has 0 radical (unpaired) electrons. The molecule has 1 aliphatic heterocycles. The minimum absolute atomic E-state index is 0.0165. The first-order chi connectivity index (χ1) is 12.1. The Morgan fingerprint density at radius 1 is 1.20 bits per heavy atom. The number of anilines is 1. The summed E-state index contributed by atoms with van der Waals surface area (Å²) < 4.78 is 5.39. The lowest BCUT2D eigenvalue weighted by molar-refractivity contribution is 0.104. The second-order valence-corrected chi connectivity index (χ2v) is 6.46. The van der Waals surface area contributed by atoms with Crippen molar-refractivity contribution in [3.05, 3.63) is 48.2 Å². The molecule has 25 heavy (non-hydrogen) atoms. The summed E-state index contributed by atoms with van der Waals surface area (Å²) in [5.74, 6) is 0.846. The van der Waals surface area contributed by atoms with E-state index in [2.05, 4.69) is 16.3 Å². The number of hydrogen-bond donors (Lipinski definition) is 1. The molecule has 0 aliphatic carbocycles. The van der Waals surface area contributed by atoms with Gasteiger partial charge in [-0.1, -0.05) is 6.07 Å². The van der Waals surface area contributed by atoms with Gasteiger partial charge in [-0.25, -0.2) is 0 Å². The molecular formula is C20H25N3O2. The molecule has 5 heteroatoms. The number of nitrogens with one attached hydrogen (secondary N) is 1. The lowest BCUT2D eigenvalue weighted by atomic mass is 10.0. The molecule has 1 N–H and O–H groups in total. The lowest BCUT2D eigenvalue weighted by Crippen LogP contribution is -2.43. The quantitative estimate of drug-likeness (QED) is 0.670. The number of hydrogen-bond acceptors (Lipinski definition) is 5. The van der Waals surface area contributed by atoms with Crippen LogP contribution in [0.25, 0.3) is 10.8 Å². The smallest absolute Gasteiger partial charge is 0.187 e. The molecule has 0 saturated carbocycles. The molecule has 0 unspecified atom stereocenters. The first kappa shape index (κ1) is 17.3. The molecule has 0 bridgehead atoms. The number of methoxy groups -OCH3 is 1. The number of ketones is 1. The van der Waals surface area contributed by atoms with Crippen molar-refractivity contribution in [2.45, 2.75) is 0 Å². The van der Waals surface area contributed by atoms with Gasteiger partial charge in [0.05, 0.1) is 7.11 Å². The van der Waals surface area contributed by atoms with Crippen molar-refractivity contribution in [2.75, 3.05) is 52.3 Å². The van der Waals surface area contributed by atoms with Gasteiger partial charge in [-0.2, -0.15) is 0 Å². The third-order valence-electron chi connectivity index (χ3n) is 4.41. The second kappa shape index (κ2) is 7.57. The van der Waals surface area contributed by atoms with Crippen LogP contribution in [0, 0.1) is 0 Å². The van der Waals surface area contributed by atoms with Crippen LogP contribution < -0.4 is 15.0 Å². The van der Waals surface area contributed by atoms with Crippen molar-refractivity contribution < 1.29 is 9.53 Å². The summed E-state index contributed by atoms with van der Waals surface area (Å²) >= 11 is 0. The predicted octanol–water partition coefficient (Wildman–Crippen LogP) is 2.52. The normalized spacial score (nSPS) is 14.9. The summed E-state index contributed by atoms with van der Waals surface area (Å²) in [4.78, 5) is 16.8. The van der Waals surface area contributed by atoms with Gasteiger partial charge in [-0.15, -0.1) is 0 Å². The van der Waals surface area contributed by atoms with Crippen molar-refractivity contribution >= 4 is 22.2 Å². The number of carbonyl (C=O) groups is 1. The van der Waals surface area contributed by atoms with Gasteiger partial charge in [-0.3, -0.25) is 4.79 Å². The Bertz CT molecular complexity index is 793. The van der Waals surface area contributed by atoms with Gasteiger partial charge in [0.1, 0.15) is 5.75 Å². The van der Waals surface area contributed by atoms with Crippen LogP contribution in [0.4, 0.5) is 5.69 Å². The monoisotopic (exact) mass is 339 g/mol. The first-order valence-corrected chi connectivity index (χ1v) is 8.55. The average Bonchev–Trinajstić information content (AvgIpc) is 2.65. The molecule has 2 aromatic rings. The van der Waals surface area contributed by atoms with Gasteiger partial charge in [0, 0.05) is 69.2 Å². The van der Waals surface area contributed by atoms with E-state index in [-0.39, 0.29) is 5.78 Å². The Kier molecular flexibility index (Phi) is 5.24. The zero-order valence-electron chi connectivity index (χ0n) is 15.1. The fourth-order valence-electron chi connectivity index (χ4n) is 3.07. The highest BCUT2D eigenvalue weighted by Gasteiger charge is 2.16. The van der Waals surface area contributed by atoms with E-state index in [1.165, 1.54) is 0 Å². The van der Waals surface area contributed by atoms with Crippen LogP contribution in [0.1, 0.15) is 10.4 Å². The summed E-state index contributed by atoms with van der Waals surface area (Å²) in [5, 5.41) is 5.55. The number of rotatable bonds is 5. The molecule has 1 aliphatic rings. The van der Waals surface area contributed by atoms with E-state index in [0.29, 0.717) is 5.56 Å². The zero-order valence-corrected chi connectivity index (χ0v) is 15.1. The molecule has 1 saturated heterocycles. The zero-order chi connectivity index (χ0) is 17.8. The standard InChI is InChI=1S/C20H25N3O2/c1-22(2)9-6-20(24)16-12-15-4-5-17(25-3)14-18(15)19(13-16)23-10-7-21-8-11-23/h4-6,9,12-14,21H,7-8,10-11H2,1-3H3/b9-6+. The number of carbonyl (C=O) groups excluding carboxylic acids is 1. The number of fused-ring (bicyclic) bond motifs is 1. The molecule has 5 nitrogen and oxygen atoms in total. The number of piperazine rings is 1. The SMILES string of the molecule is COc1ccc2cc(C(=O)/C=C/N(C)C)cc(N3CCNCC3)c2c1. The second-order valence-electron chi connectivity index (χ2n) is 6.46. The Morgan fingerprint density at radius 2 is 1.96 bits per heavy atom. The van der Waals surface area contributed by atoms with Crippen molar-refractivity contribution in [1.29, 1.82) is 0 Å². The first-order valence-electron chi connectivity index (χ1n) is 8.55. The lowest BCUT2D eigenvalue weighted by Gasteiger charge is -2.31. The van der Waals surface area contributed by atoms with E-state index in [1.54, 1.807) is 19.4 Å². The van der Waals surface area contributed by atoms with Crippen molar-refractivity contribution in [3.63, 3.8) is 0 Å². The Labute approximate surface area is 148 Å². The topological polar surface area (TPSA) is 44.8 Å². The predicted molar refractivity (Wildman–Crippen MR) is 103 cm³/mol. The van der Waals surface area contributed by atoms with Crippen LogP contribution in [0.15, 0.2) is 42.6 Å². The maximum atomic E-state index is 12.6. The van der Waals surface area contributed by atoms with E-state index in [1.807, 2.05) is 43.3 Å². The van der Waals surface area contributed by atoms with E-state index in [0.717, 1.165) is 48.4 Å².